The highest BCUT2D eigenvalue weighted by molar-refractivity contribution is 8.18. The van der Waals surface area contributed by atoms with E-state index in [1.54, 1.807) is 14.0 Å². The number of benzene rings is 1. The zero-order valence-corrected chi connectivity index (χ0v) is 14.5. The number of carbonyl (C=O) groups excluding carboxylic acids is 2. The summed E-state index contributed by atoms with van der Waals surface area (Å²) in [5, 5.41) is 0.725. The van der Waals surface area contributed by atoms with Crippen LogP contribution in [-0.2, 0) is 9.59 Å². The number of amides is 2. The summed E-state index contributed by atoms with van der Waals surface area (Å²) in [7, 11) is 1.62. The van der Waals surface area contributed by atoms with Crippen molar-refractivity contribution in [3.05, 3.63) is 34.7 Å². The minimum absolute atomic E-state index is 0.0897. The molecule has 0 aromatic heterocycles. The molecule has 0 aliphatic carbocycles. The second kappa shape index (κ2) is 7.09. The lowest BCUT2D eigenvalue weighted by atomic mass is 10.2. The van der Waals surface area contributed by atoms with Crippen LogP contribution in [-0.4, -0.2) is 60.1 Å². The van der Waals surface area contributed by atoms with Crippen molar-refractivity contribution in [3.8, 4) is 5.75 Å². The molecule has 2 amide bonds. The lowest BCUT2D eigenvalue weighted by molar-refractivity contribution is -0.130. The summed E-state index contributed by atoms with van der Waals surface area (Å²) in [6, 6.07) is 7.53. The largest absolute Gasteiger partial charge is 0.497 e. The average Bonchev–Trinajstić information content (AvgIpc) is 2.96. The number of carbonyl (C=O) groups is 2. The Labute approximate surface area is 145 Å². The number of piperazine rings is 1. The number of nitrogens with zero attached hydrogens (tertiary/aromatic N) is 3. The number of ether oxygens (including phenoxy) is 1. The van der Waals surface area contributed by atoms with Gasteiger partial charge in [0, 0.05) is 33.1 Å². The van der Waals surface area contributed by atoms with Crippen LogP contribution < -0.4 is 4.74 Å². The van der Waals surface area contributed by atoms with Gasteiger partial charge in [0.2, 0.25) is 5.91 Å². The van der Waals surface area contributed by atoms with Crippen molar-refractivity contribution < 1.29 is 14.3 Å². The first kappa shape index (κ1) is 16.6. The molecule has 6 nitrogen and oxygen atoms in total. The summed E-state index contributed by atoms with van der Waals surface area (Å²) >= 11 is 1.39. The molecule has 126 valence electrons. The quantitative estimate of drug-likeness (QED) is 0.765. The van der Waals surface area contributed by atoms with E-state index in [-0.39, 0.29) is 11.8 Å². The fraction of sp³-hybridized carbons (Fsp3) is 0.353. The molecule has 0 spiro atoms. The van der Waals surface area contributed by atoms with Crippen LogP contribution in [0.1, 0.15) is 12.5 Å². The van der Waals surface area contributed by atoms with E-state index in [9.17, 15) is 9.59 Å². The van der Waals surface area contributed by atoms with Gasteiger partial charge in [0.1, 0.15) is 5.75 Å². The molecule has 0 atom stereocenters. The number of hydrogen-bond donors (Lipinski definition) is 0. The maximum Gasteiger partial charge on any atom is 0.286 e. The van der Waals surface area contributed by atoms with Crippen molar-refractivity contribution in [1.29, 1.82) is 0 Å². The van der Waals surface area contributed by atoms with Crippen LogP contribution in [0, 0.1) is 0 Å². The second-order valence-corrected chi connectivity index (χ2v) is 6.59. The Bertz CT molecular complexity index is 704. The van der Waals surface area contributed by atoms with Gasteiger partial charge in [0.05, 0.1) is 12.0 Å². The first-order valence-electron chi connectivity index (χ1n) is 7.74. The molecule has 7 heteroatoms. The van der Waals surface area contributed by atoms with Crippen molar-refractivity contribution >= 4 is 34.8 Å². The summed E-state index contributed by atoms with van der Waals surface area (Å²) in [6.45, 7) is 4.32. The lowest BCUT2D eigenvalue weighted by Crippen LogP contribution is -2.49. The molecular formula is C17H19N3O3S. The molecule has 0 bridgehead atoms. The Morgan fingerprint density at radius 2 is 1.88 bits per heavy atom. The molecule has 1 fully saturated rings. The molecule has 0 unspecified atom stereocenters. The van der Waals surface area contributed by atoms with Gasteiger partial charge in [0.15, 0.2) is 5.17 Å². The van der Waals surface area contributed by atoms with Gasteiger partial charge < -0.3 is 14.5 Å². The average molecular weight is 345 g/mol. The Hall–Kier alpha value is -2.28. The molecule has 2 heterocycles. The molecule has 1 saturated heterocycles. The van der Waals surface area contributed by atoms with Gasteiger partial charge in [-0.25, -0.2) is 0 Å². The standard InChI is InChI=1S/C17H19N3O3S/c1-12(21)19-7-9-20(10-8-19)17-18-16(22)15(24-17)11-13-3-5-14(23-2)6-4-13/h3-6,11H,7-10H2,1-2H3/b15-11-. The minimum atomic E-state index is -0.209. The first-order valence-corrected chi connectivity index (χ1v) is 8.55. The predicted molar refractivity (Wildman–Crippen MR) is 94.8 cm³/mol. The van der Waals surface area contributed by atoms with Gasteiger partial charge in [-0.2, -0.15) is 4.99 Å². The van der Waals surface area contributed by atoms with Crippen molar-refractivity contribution in [2.45, 2.75) is 6.92 Å². The SMILES string of the molecule is COc1ccc(/C=C2\SC(N3CCN(C(C)=O)CC3)=NC2=O)cc1. The van der Waals surface area contributed by atoms with Crippen molar-refractivity contribution in [2.75, 3.05) is 33.3 Å². The normalized spacial score (nSPS) is 19.7. The van der Waals surface area contributed by atoms with Crippen molar-refractivity contribution in [2.24, 2.45) is 4.99 Å². The number of thioether (sulfide) groups is 1. The zero-order chi connectivity index (χ0) is 17.1. The van der Waals surface area contributed by atoms with Gasteiger partial charge in [-0.15, -0.1) is 0 Å². The maximum atomic E-state index is 12.1. The topological polar surface area (TPSA) is 62.2 Å². The second-order valence-electron chi connectivity index (χ2n) is 5.58. The van der Waals surface area contributed by atoms with E-state index in [4.69, 9.17) is 4.74 Å². The van der Waals surface area contributed by atoms with E-state index in [0.717, 1.165) is 16.5 Å². The molecule has 24 heavy (non-hydrogen) atoms. The number of methoxy groups -OCH3 is 1. The maximum absolute atomic E-state index is 12.1. The summed E-state index contributed by atoms with van der Waals surface area (Å²) in [4.78, 5) is 32.2. The van der Waals surface area contributed by atoms with E-state index in [1.807, 2.05) is 35.2 Å². The molecular weight excluding hydrogens is 326 g/mol. The van der Waals surface area contributed by atoms with E-state index in [1.165, 1.54) is 11.8 Å². The van der Waals surface area contributed by atoms with Crippen LogP contribution in [0.4, 0.5) is 0 Å². The van der Waals surface area contributed by atoms with Crippen molar-refractivity contribution in [1.82, 2.24) is 9.80 Å². The Kier molecular flexibility index (Phi) is 4.89. The molecule has 2 aliphatic heterocycles. The molecule has 2 aliphatic rings. The van der Waals surface area contributed by atoms with E-state index in [2.05, 4.69) is 9.89 Å². The minimum Gasteiger partial charge on any atom is -0.497 e. The third-order valence-corrected chi connectivity index (χ3v) is 5.06. The zero-order valence-electron chi connectivity index (χ0n) is 13.7. The smallest absolute Gasteiger partial charge is 0.286 e. The van der Waals surface area contributed by atoms with Crippen LogP contribution in [0.5, 0.6) is 5.75 Å². The van der Waals surface area contributed by atoms with Gasteiger partial charge in [-0.05, 0) is 35.5 Å². The molecule has 1 aromatic rings. The van der Waals surface area contributed by atoms with Crippen LogP contribution in [0.3, 0.4) is 0 Å². The van der Waals surface area contributed by atoms with Crippen LogP contribution >= 0.6 is 11.8 Å². The van der Waals surface area contributed by atoms with E-state index < -0.39 is 0 Å². The van der Waals surface area contributed by atoms with Crippen molar-refractivity contribution in [3.63, 3.8) is 0 Å². The summed E-state index contributed by atoms with van der Waals surface area (Å²) in [5.74, 6) is 0.662. The lowest BCUT2D eigenvalue weighted by Gasteiger charge is -2.34. The number of aliphatic imine (C=N–C) groups is 1. The van der Waals surface area contributed by atoms with E-state index >= 15 is 0 Å². The molecule has 0 N–H and O–H groups in total. The van der Waals surface area contributed by atoms with Gasteiger partial charge in [-0.3, -0.25) is 9.59 Å². The molecule has 1 aromatic carbocycles. The third kappa shape index (κ3) is 3.62. The number of hydrogen-bond acceptors (Lipinski definition) is 5. The van der Waals surface area contributed by atoms with Crippen LogP contribution in [0.2, 0.25) is 0 Å². The highest BCUT2D eigenvalue weighted by Crippen LogP contribution is 2.30. The Balaban J connectivity index is 1.65. The predicted octanol–water partition coefficient (Wildman–Crippen LogP) is 1.83. The van der Waals surface area contributed by atoms with E-state index in [0.29, 0.717) is 31.1 Å². The fourth-order valence-corrected chi connectivity index (χ4v) is 3.56. The number of rotatable bonds is 2. The fourth-order valence-electron chi connectivity index (χ4n) is 2.60. The Morgan fingerprint density at radius 3 is 2.46 bits per heavy atom. The van der Waals surface area contributed by atoms with Gasteiger partial charge in [-0.1, -0.05) is 12.1 Å². The number of amidine groups is 1. The summed E-state index contributed by atoms with van der Waals surface area (Å²) in [5.41, 5.74) is 0.935. The highest BCUT2D eigenvalue weighted by Gasteiger charge is 2.28. The first-order chi connectivity index (χ1) is 11.6. The van der Waals surface area contributed by atoms with Crippen LogP contribution in [0.25, 0.3) is 6.08 Å². The summed E-state index contributed by atoms with van der Waals surface area (Å²) < 4.78 is 5.13. The molecule has 0 saturated carbocycles. The third-order valence-electron chi connectivity index (χ3n) is 4.02. The summed E-state index contributed by atoms with van der Waals surface area (Å²) in [6.07, 6.45) is 1.84. The highest BCUT2D eigenvalue weighted by atomic mass is 32.2. The molecule has 0 radical (unpaired) electrons. The van der Waals surface area contributed by atoms with Gasteiger partial charge >= 0.3 is 0 Å². The monoisotopic (exact) mass is 345 g/mol. The molecule has 3 rings (SSSR count). The Morgan fingerprint density at radius 1 is 1.21 bits per heavy atom. The van der Waals surface area contributed by atoms with Gasteiger partial charge in [0.25, 0.3) is 5.91 Å². The van der Waals surface area contributed by atoms with Crippen LogP contribution in [0.15, 0.2) is 34.2 Å².